The number of fused-ring (bicyclic) bond motifs is 1. The Balaban J connectivity index is 1.50. The maximum Gasteiger partial charge on any atom is 0.247 e. The van der Waals surface area contributed by atoms with Gasteiger partial charge in [0.2, 0.25) is 5.91 Å². The summed E-state index contributed by atoms with van der Waals surface area (Å²) in [6.07, 6.45) is 6.99. The van der Waals surface area contributed by atoms with Crippen LogP contribution in [0.15, 0.2) is 76.3 Å². The molecule has 1 aliphatic rings. The highest BCUT2D eigenvalue weighted by Gasteiger charge is 2.15. The topological polar surface area (TPSA) is 42.7 Å². The molecule has 0 bridgehead atoms. The van der Waals surface area contributed by atoms with E-state index in [0.717, 1.165) is 27.5 Å². The van der Waals surface area contributed by atoms with Crippen LogP contribution >= 0.6 is 22.9 Å². The van der Waals surface area contributed by atoms with Crippen LogP contribution in [0, 0.1) is 0 Å². The van der Waals surface area contributed by atoms with E-state index in [4.69, 9.17) is 20.8 Å². The molecule has 6 heteroatoms. The Labute approximate surface area is 172 Å². The Morgan fingerprint density at radius 1 is 1.21 bits per heavy atom. The summed E-state index contributed by atoms with van der Waals surface area (Å²) in [5.41, 5.74) is 1.83. The van der Waals surface area contributed by atoms with Gasteiger partial charge in [-0.2, -0.15) is 0 Å². The summed E-state index contributed by atoms with van der Waals surface area (Å²) in [6.45, 7) is 1.37. The van der Waals surface area contributed by atoms with Crippen LogP contribution in [0.5, 0.6) is 5.75 Å². The molecule has 1 amide bonds. The van der Waals surface area contributed by atoms with E-state index < -0.39 is 0 Å². The van der Waals surface area contributed by atoms with Gasteiger partial charge in [0.1, 0.15) is 18.1 Å². The van der Waals surface area contributed by atoms with Crippen molar-refractivity contribution in [3.05, 3.63) is 93.1 Å². The van der Waals surface area contributed by atoms with Crippen LogP contribution < -0.4 is 4.74 Å². The van der Waals surface area contributed by atoms with Gasteiger partial charge < -0.3 is 14.1 Å². The molecule has 0 spiro atoms. The van der Waals surface area contributed by atoms with E-state index >= 15 is 0 Å². The molecule has 4 nitrogen and oxygen atoms in total. The van der Waals surface area contributed by atoms with Crippen molar-refractivity contribution in [2.45, 2.75) is 13.1 Å². The Bertz CT molecular complexity index is 970. The number of carbonyl (C=O) groups excluding carboxylic acids is 1. The van der Waals surface area contributed by atoms with Gasteiger partial charge in [-0.1, -0.05) is 23.7 Å². The van der Waals surface area contributed by atoms with Crippen molar-refractivity contribution in [2.75, 3.05) is 6.61 Å². The van der Waals surface area contributed by atoms with Crippen molar-refractivity contribution in [3.63, 3.8) is 0 Å². The van der Waals surface area contributed by atoms with Crippen LogP contribution in [0.4, 0.5) is 0 Å². The molecular formula is C22H18ClNO3S. The number of furan rings is 1. The molecule has 2 aromatic heterocycles. The molecule has 0 N–H and O–H groups in total. The van der Waals surface area contributed by atoms with E-state index in [-0.39, 0.29) is 5.91 Å². The molecule has 0 saturated carbocycles. The van der Waals surface area contributed by atoms with E-state index in [9.17, 15) is 4.79 Å². The Morgan fingerprint density at radius 2 is 2.14 bits per heavy atom. The van der Waals surface area contributed by atoms with Crippen molar-refractivity contribution in [3.8, 4) is 5.75 Å². The van der Waals surface area contributed by atoms with Crippen LogP contribution in [0.1, 0.15) is 16.2 Å². The number of hydrogen-bond donors (Lipinski definition) is 0. The van der Waals surface area contributed by atoms with Gasteiger partial charge in [-0.3, -0.25) is 4.79 Å². The Kier molecular flexibility index (Phi) is 5.65. The standard InChI is InChI=1S/C22H18ClNO3S/c23-18-6-7-21-17(12-18)11-16(15-27-21)5-8-22(25)24(13-19-3-1-9-26-19)14-20-4-2-10-28-20/h1-12H,13-15H2/b8-5+. The van der Waals surface area contributed by atoms with Gasteiger partial charge in [0.15, 0.2) is 0 Å². The van der Waals surface area contributed by atoms with Gasteiger partial charge in [0, 0.05) is 21.5 Å². The lowest BCUT2D eigenvalue weighted by molar-refractivity contribution is -0.127. The molecule has 3 heterocycles. The number of benzene rings is 1. The lowest BCUT2D eigenvalue weighted by Gasteiger charge is -2.20. The van der Waals surface area contributed by atoms with Gasteiger partial charge in [-0.15, -0.1) is 11.3 Å². The second-order valence-corrected chi connectivity index (χ2v) is 7.85. The fourth-order valence-corrected chi connectivity index (χ4v) is 3.84. The summed E-state index contributed by atoms with van der Waals surface area (Å²) in [5.74, 6) is 1.47. The first kappa shape index (κ1) is 18.6. The Morgan fingerprint density at radius 3 is 2.93 bits per heavy atom. The van der Waals surface area contributed by atoms with Crippen LogP contribution in [-0.4, -0.2) is 17.4 Å². The molecule has 0 saturated heterocycles. The third-order valence-corrected chi connectivity index (χ3v) is 5.41. The number of ether oxygens (including phenoxy) is 1. The lowest BCUT2D eigenvalue weighted by Crippen LogP contribution is -2.28. The Hall–Kier alpha value is -2.76. The zero-order valence-electron chi connectivity index (χ0n) is 15.0. The molecule has 3 aromatic rings. The molecule has 1 aromatic carbocycles. The maximum atomic E-state index is 12.9. The smallest absolute Gasteiger partial charge is 0.247 e. The highest BCUT2D eigenvalue weighted by molar-refractivity contribution is 7.09. The lowest BCUT2D eigenvalue weighted by atomic mass is 10.1. The van der Waals surface area contributed by atoms with Gasteiger partial charge in [0.05, 0.1) is 19.4 Å². The monoisotopic (exact) mass is 411 g/mol. The van der Waals surface area contributed by atoms with Crippen molar-refractivity contribution < 1.29 is 13.9 Å². The normalized spacial score (nSPS) is 13.1. The van der Waals surface area contributed by atoms with E-state index in [2.05, 4.69) is 0 Å². The van der Waals surface area contributed by atoms with Gasteiger partial charge >= 0.3 is 0 Å². The van der Waals surface area contributed by atoms with Crippen LogP contribution in [0.3, 0.4) is 0 Å². The molecule has 28 heavy (non-hydrogen) atoms. The predicted molar refractivity (Wildman–Crippen MR) is 111 cm³/mol. The van der Waals surface area contributed by atoms with Gasteiger partial charge in [-0.05, 0) is 53.4 Å². The molecule has 4 rings (SSSR count). The zero-order valence-corrected chi connectivity index (χ0v) is 16.6. The first-order valence-corrected chi connectivity index (χ1v) is 10.1. The van der Waals surface area contributed by atoms with Crippen LogP contribution in [0.25, 0.3) is 6.08 Å². The molecule has 142 valence electrons. The van der Waals surface area contributed by atoms with Gasteiger partial charge in [-0.25, -0.2) is 0 Å². The largest absolute Gasteiger partial charge is 0.488 e. The molecule has 0 atom stereocenters. The van der Waals surface area contributed by atoms with Crippen molar-refractivity contribution >= 4 is 34.9 Å². The number of thiophene rings is 1. The second-order valence-electron chi connectivity index (χ2n) is 6.38. The molecular weight excluding hydrogens is 394 g/mol. The minimum Gasteiger partial charge on any atom is -0.488 e. The molecule has 0 radical (unpaired) electrons. The fourth-order valence-electron chi connectivity index (χ4n) is 2.94. The molecule has 0 aliphatic carbocycles. The maximum absolute atomic E-state index is 12.9. The average molecular weight is 412 g/mol. The van der Waals surface area contributed by atoms with E-state index in [1.165, 1.54) is 0 Å². The van der Waals surface area contributed by atoms with E-state index in [1.54, 1.807) is 40.7 Å². The second kappa shape index (κ2) is 8.50. The van der Waals surface area contributed by atoms with Crippen molar-refractivity contribution in [1.29, 1.82) is 0 Å². The highest BCUT2D eigenvalue weighted by atomic mass is 35.5. The number of nitrogens with zero attached hydrogens (tertiary/aromatic N) is 1. The molecule has 0 fully saturated rings. The summed E-state index contributed by atoms with van der Waals surface area (Å²) >= 11 is 7.69. The molecule has 0 unspecified atom stereocenters. The summed E-state index contributed by atoms with van der Waals surface area (Å²) in [6, 6.07) is 13.2. The van der Waals surface area contributed by atoms with Gasteiger partial charge in [0.25, 0.3) is 0 Å². The van der Waals surface area contributed by atoms with Crippen LogP contribution in [0.2, 0.25) is 5.02 Å². The fraction of sp³-hybridized carbons (Fsp3) is 0.136. The SMILES string of the molecule is O=C(/C=C/C1=Cc2cc(Cl)ccc2OC1)N(Cc1ccco1)Cc1cccs1. The number of rotatable bonds is 6. The third kappa shape index (κ3) is 4.55. The van der Waals surface area contributed by atoms with Crippen molar-refractivity contribution in [1.82, 2.24) is 4.90 Å². The summed E-state index contributed by atoms with van der Waals surface area (Å²) < 4.78 is 11.2. The van der Waals surface area contributed by atoms with E-state index in [0.29, 0.717) is 24.7 Å². The zero-order chi connectivity index (χ0) is 19.3. The van der Waals surface area contributed by atoms with E-state index in [1.807, 2.05) is 47.9 Å². The third-order valence-electron chi connectivity index (χ3n) is 4.31. The highest BCUT2D eigenvalue weighted by Crippen LogP contribution is 2.29. The number of hydrogen-bond acceptors (Lipinski definition) is 4. The minimum absolute atomic E-state index is 0.0809. The van der Waals surface area contributed by atoms with Crippen LogP contribution in [-0.2, 0) is 17.9 Å². The quantitative estimate of drug-likeness (QED) is 0.499. The number of amides is 1. The minimum atomic E-state index is -0.0809. The number of halogens is 1. The first-order valence-electron chi connectivity index (χ1n) is 8.82. The molecule has 1 aliphatic heterocycles. The summed E-state index contributed by atoms with van der Waals surface area (Å²) in [7, 11) is 0. The number of carbonyl (C=O) groups is 1. The summed E-state index contributed by atoms with van der Waals surface area (Å²) in [5, 5.41) is 2.66. The van der Waals surface area contributed by atoms with Crippen molar-refractivity contribution in [2.24, 2.45) is 0 Å². The summed E-state index contributed by atoms with van der Waals surface area (Å²) in [4.78, 5) is 15.7. The predicted octanol–water partition coefficient (Wildman–Crippen LogP) is 5.56. The first-order chi connectivity index (χ1) is 13.7. The average Bonchev–Trinajstić information content (AvgIpc) is 3.39.